The minimum absolute atomic E-state index is 0.331. The molecule has 3 nitrogen and oxygen atoms in total. The Hall–Kier alpha value is -0.655. The van der Waals surface area contributed by atoms with Gasteiger partial charge in [-0.1, -0.05) is 23.5 Å². The summed E-state index contributed by atoms with van der Waals surface area (Å²) < 4.78 is 15.4. The van der Waals surface area contributed by atoms with Crippen LogP contribution >= 0.6 is 34.9 Å². The van der Waals surface area contributed by atoms with Crippen LogP contribution in [0.4, 0.5) is 5.69 Å². The Kier molecular flexibility index (Phi) is 4.97. The van der Waals surface area contributed by atoms with E-state index in [4.69, 9.17) is 20.9 Å². The number of anilines is 1. The summed E-state index contributed by atoms with van der Waals surface area (Å²) in [6.45, 7) is 8.26. The van der Waals surface area contributed by atoms with Crippen LogP contribution < -0.4 is 10.2 Å². The van der Waals surface area contributed by atoms with Crippen LogP contribution in [0.15, 0.2) is 29.6 Å². The summed E-state index contributed by atoms with van der Waals surface area (Å²) >= 11 is 9.65. The lowest BCUT2D eigenvalue weighted by Gasteiger charge is -2.32. The molecule has 1 aliphatic heterocycles. The van der Waals surface area contributed by atoms with Crippen LogP contribution in [0.5, 0.6) is 0 Å². The van der Waals surface area contributed by atoms with Gasteiger partial charge in [0.25, 0.3) is 0 Å². The molecule has 2 heterocycles. The lowest BCUT2D eigenvalue weighted by Crippen LogP contribution is -2.41. The molecule has 1 aliphatic rings. The molecule has 0 radical (unpaired) electrons. The number of hydrogen-bond donors (Lipinski definition) is 1. The van der Waals surface area contributed by atoms with Crippen molar-refractivity contribution < 1.29 is 9.31 Å². The van der Waals surface area contributed by atoms with Gasteiger partial charge in [0, 0.05) is 22.4 Å². The minimum atomic E-state index is -0.337. The molecular formula is C17H21BClNO2S2. The molecular weight excluding hydrogens is 361 g/mol. The molecule has 1 aromatic carbocycles. The summed E-state index contributed by atoms with van der Waals surface area (Å²) in [5, 5.41) is 2.82. The molecule has 1 N–H and O–H groups in total. The first-order chi connectivity index (χ1) is 11.2. The Morgan fingerprint density at radius 1 is 1.12 bits per heavy atom. The van der Waals surface area contributed by atoms with Crippen molar-refractivity contribution in [3.8, 4) is 10.4 Å². The zero-order valence-electron chi connectivity index (χ0n) is 14.5. The van der Waals surface area contributed by atoms with Crippen molar-refractivity contribution in [3.05, 3.63) is 34.7 Å². The molecule has 2 aromatic rings. The van der Waals surface area contributed by atoms with Crippen LogP contribution in [0.25, 0.3) is 10.4 Å². The van der Waals surface area contributed by atoms with Crippen molar-refractivity contribution in [2.45, 2.75) is 38.9 Å². The molecule has 0 atom stereocenters. The Labute approximate surface area is 157 Å². The van der Waals surface area contributed by atoms with Crippen molar-refractivity contribution in [1.82, 2.24) is 0 Å². The molecule has 24 heavy (non-hydrogen) atoms. The molecule has 128 valence electrons. The van der Waals surface area contributed by atoms with Crippen molar-refractivity contribution in [1.29, 1.82) is 0 Å². The largest absolute Gasteiger partial charge is 0.495 e. The Balaban J connectivity index is 1.84. The maximum absolute atomic E-state index is 6.45. The smallest absolute Gasteiger partial charge is 0.399 e. The minimum Gasteiger partial charge on any atom is -0.399 e. The Bertz CT molecular complexity index is 732. The normalized spacial score (nSPS) is 18.8. The van der Waals surface area contributed by atoms with Gasteiger partial charge in [-0.3, -0.25) is 0 Å². The second-order valence-corrected chi connectivity index (χ2v) is 8.76. The topological polar surface area (TPSA) is 30.5 Å². The third-order valence-electron chi connectivity index (χ3n) is 4.60. The Morgan fingerprint density at radius 2 is 1.79 bits per heavy atom. The summed E-state index contributed by atoms with van der Waals surface area (Å²) in [4.78, 5) is 1.11. The van der Waals surface area contributed by atoms with Gasteiger partial charge in [-0.2, -0.15) is 0 Å². The van der Waals surface area contributed by atoms with Gasteiger partial charge in [0.15, 0.2) is 0 Å². The van der Waals surface area contributed by atoms with Gasteiger partial charge >= 0.3 is 7.12 Å². The van der Waals surface area contributed by atoms with Gasteiger partial charge in [0.2, 0.25) is 0 Å². The fourth-order valence-electron chi connectivity index (χ4n) is 2.49. The first-order valence-electron chi connectivity index (χ1n) is 7.76. The lowest BCUT2D eigenvalue weighted by molar-refractivity contribution is 0.00578. The van der Waals surface area contributed by atoms with E-state index in [1.807, 2.05) is 24.5 Å². The van der Waals surface area contributed by atoms with Gasteiger partial charge in [0.1, 0.15) is 0 Å². The second kappa shape index (κ2) is 6.58. The summed E-state index contributed by atoms with van der Waals surface area (Å²) in [7, 11) is -0.337. The number of nitrogens with one attached hydrogen (secondary N) is 1. The highest BCUT2D eigenvalue weighted by Gasteiger charge is 2.51. The number of halogens is 1. The molecule has 0 unspecified atom stereocenters. The number of benzene rings is 1. The van der Waals surface area contributed by atoms with Crippen molar-refractivity contribution >= 4 is 53.2 Å². The maximum Gasteiger partial charge on any atom is 0.495 e. The highest BCUT2D eigenvalue weighted by atomic mass is 35.5. The molecule has 0 saturated carbocycles. The van der Waals surface area contributed by atoms with Crippen LogP contribution in [0.2, 0.25) is 5.02 Å². The van der Waals surface area contributed by atoms with E-state index in [0.29, 0.717) is 0 Å². The first-order valence-corrected chi connectivity index (χ1v) is 10.2. The van der Waals surface area contributed by atoms with Gasteiger partial charge in [-0.25, -0.2) is 0 Å². The summed E-state index contributed by atoms with van der Waals surface area (Å²) in [6.07, 6.45) is 1.98. The van der Waals surface area contributed by atoms with Gasteiger partial charge < -0.3 is 14.0 Å². The van der Waals surface area contributed by atoms with Crippen LogP contribution in [-0.2, 0) is 9.31 Å². The summed E-state index contributed by atoms with van der Waals surface area (Å²) in [5.41, 5.74) is 2.40. The van der Waals surface area contributed by atoms with Crippen LogP contribution in [0.3, 0.4) is 0 Å². The first kappa shape index (κ1) is 18.1. The van der Waals surface area contributed by atoms with E-state index in [-0.39, 0.29) is 18.3 Å². The SMILES string of the molecule is CSNc1ccc(-c2cc(B3OC(C)(C)C(C)(C)O3)cs2)c(Cl)c1. The second-order valence-electron chi connectivity index (χ2n) is 6.83. The average molecular weight is 382 g/mol. The number of thiophene rings is 1. The predicted molar refractivity (Wildman–Crippen MR) is 108 cm³/mol. The number of rotatable bonds is 4. The molecule has 1 aromatic heterocycles. The van der Waals surface area contributed by atoms with Gasteiger partial charge in [-0.15, -0.1) is 11.3 Å². The fourth-order valence-corrected chi connectivity index (χ4v) is 4.14. The molecule has 7 heteroatoms. The zero-order chi connectivity index (χ0) is 17.5. The molecule has 1 saturated heterocycles. The Morgan fingerprint density at radius 3 is 2.38 bits per heavy atom. The van der Waals surface area contributed by atoms with Crippen LogP contribution in [-0.4, -0.2) is 24.6 Å². The van der Waals surface area contributed by atoms with E-state index in [2.05, 4.69) is 43.9 Å². The highest BCUT2D eigenvalue weighted by Crippen LogP contribution is 2.38. The van der Waals surface area contributed by atoms with E-state index in [0.717, 1.165) is 26.6 Å². The van der Waals surface area contributed by atoms with Crippen molar-refractivity contribution in [3.63, 3.8) is 0 Å². The lowest BCUT2D eigenvalue weighted by atomic mass is 9.81. The average Bonchev–Trinajstić information content (AvgIpc) is 3.03. The predicted octanol–water partition coefficient (Wildman–Crippen LogP) is 5.06. The fraction of sp³-hybridized carbons (Fsp3) is 0.412. The van der Waals surface area contributed by atoms with E-state index >= 15 is 0 Å². The van der Waals surface area contributed by atoms with E-state index in [1.165, 1.54) is 0 Å². The van der Waals surface area contributed by atoms with E-state index in [1.54, 1.807) is 23.3 Å². The van der Waals surface area contributed by atoms with E-state index < -0.39 is 0 Å². The summed E-state index contributed by atoms with van der Waals surface area (Å²) in [5.74, 6) is 0. The quantitative estimate of drug-likeness (QED) is 0.592. The molecule has 0 spiro atoms. The zero-order valence-corrected chi connectivity index (χ0v) is 16.9. The van der Waals surface area contributed by atoms with Crippen molar-refractivity contribution in [2.75, 3.05) is 11.0 Å². The monoisotopic (exact) mass is 381 g/mol. The molecule has 3 rings (SSSR count). The molecule has 0 amide bonds. The van der Waals surface area contributed by atoms with Crippen molar-refractivity contribution in [2.24, 2.45) is 0 Å². The standard InChI is InChI=1S/C17H21BClNO2S2/c1-16(2)17(3,4)22-18(21-16)11-8-15(24-10-11)13-7-6-12(20-23-5)9-14(13)19/h6-10,20H,1-5H3. The summed E-state index contributed by atoms with van der Waals surface area (Å²) in [6, 6.07) is 8.13. The van der Waals surface area contributed by atoms with E-state index in [9.17, 15) is 0 Å². The molecule has 1 fully saturated rings. The van der Waals surface area contributed by atoms with Gasteiger partial charge in [-0.05, 0) is 62.8 Å². The molecule has 0 bridgehead atoms. The van der Waals surface area contributed by atoms with Gasteiger partial charge in [0.05, 0.1) is 16.2 Å². The van der Waals surface area contributed by atoms with Crippen LogP contribution in [0.1, 0.15) is 27.7 Å². The third kappa shape index (κ3) is 3.35. The maximum atomic E-state index is 6.45. The third-order valence-corrected chi connectivity index (χ3v) is 6.33. The number of hydrogen-bond acceptors (Lipinski definition) is 5. The molecule has 0 aliphatic carbocycles. The van der Waals surface area contributed by atoms with Crippen LogP contribution in [0, 0.1) is 0 Å². The highest BCUT2D eigenvalue weighted by molar-refractivity contribution is 7.99.